The maximum atomic E-state index is 8.77. The highest BCUT2D eigenvalue weighted by molar-refractivity contribution is 9.10. The Hall–Kier alpha value is -0.230. The number of nitrogens with zero attached hydrogens (tertiary/aromatic N) is 1. The smallest absolute Gasteiger partial charge is 0.134 e. The summed E-state index contributed by atoms with van der Waals surface area (Å²) in [6.07, 6.45) is 0.638. The summed E-state index contributed by atoms with van der Waals surface area (Å²) < 4.78 is 1.09. The predicted octanol–water partition coefficient (Wildman–Crippen LogP) is 3.17. The average Bonchev–Trinajstić information content (AvgIpc) is 2.74. The van der Waals surface area contributed by atoms with E-state index >= 15 is 0 Å². The molecule has 0 bridgehead atoms. The molecule has 2 aromatic heterocycles. The van der Waals surface area contributed by atoms with Gasteiger partial charge in [-0.1, -0.05) is 0 Å². The van der Waals surface area contributed by atoms with E-state index in [1.54, 1.807) is 22.7 Å². The van der Waals surface area contributed by atoms with E-state index in [4.69, 9.17) is 5.11 Å². The van der Waals surface area contributed by atoms with E-state index in [0.29, 0.717) is 6.42 Å². The molecule has 14 heavy (non-hydrogen) atoms. The quantitative estimate of drug-likeness (QED) is 0.942. The molecule has 1 N–H and O–H groups in total. The molecular formula is C9H8BrNOS2. The minimum absolute atomic E-state index is 0.161. The van der Waals surface area contributed by atoms with E-state index in [2.05, 4.69) is 20.9 Å². The van der Waals surface area contributed by atoms with E-state index in [-0.39, 0.29) is 6.61 Å². The van der Waals surface area contributed by atoms with Crippen molar-refractivity contribution in [2.75, 3.05) is 6.61 Å². The highest BCUT2D eigenvalue weighted by Crippen LogP contribution is 2.35. The highest BCUT2D eigenvalue weighted by Gasteiger charge is 2.08. The largest absolute Gasteiger partial charge is 0.396 e. The van der Waals surface area contributed by atoms with Crippen molar-refractivity contribution >= 4 is 38.6 Å². The Morgan fingerprint density at radius 1 is 1.43 bits per heavy atom. The van der Waals surface area contributed by atoms with Crippen LogP contribution < -0.4 is 0 Å². The molecule has 5 heteroatoms. The third kappa shape index (κ3) is 2.06. The minimum atomic E-state index is 0.161. The molecule has 0 aliphatic rings. The van der Waals surface area contributed by atoms with Crippen LogP contribution in [0.1, 0.15) is 5.69 Å². The zero-order chi connectivity index (χ0) is 9.97. The molecule has 0 saturated heterocycles. The van der Waals surface area contributed by atoms with E-state index < -0.39 is 0 Å². The number of halogens is 1. The number of hydrogen-bond donors (Lipinski definition) is 1. The zero-order valence-corrected chi connectivity index (χ0v) is 10.5. The van der Waals surface area contributed by atoms with Crippen LogP contribution >= 0.6 is 38.6 Å². The van der Waals surface area contributed by atoms with Gasteiger partial charge in [-0.15, -0.1) is 22.7 Å². The molecule has 0 radical (unpaired) electrons. The number of rotatable bonds is 3. The van der Waals surface area contributed by atoms with Crippen LogP contribution in [0.5, 0.6) is 0 Å². The summed E-state index contributed by atoms with van der Waals surface area (Å²) in [5.41, 5.74) is 0.966. The van der Waals surface area contributed by atoms with Crippen LogP contribution in [0, 0.1) is 0 Å². The van der Waals surface area contributed by atoms with Gasteiger partial charge in [0.25, 0.3) is 0 Å². The molecular weight excluding hydrogens is 282 g/mol. The first kappa shape index (κ1) is 10.3. The SMILES string of the molecule is OCCc1csc(-c2sccc2Br)n1. The zero-order valence-electron chi connectivity index (χ0n) is 7.24. The second kappa shape index (κ2) is 4.53. The Bertz CT molecular complexity index is 424. The summed E-state index contributed by atoms with van der Waals surface area (Å²) in [5.74, 6) is 0. The van der Waals surface area contributed by atoms with Crippen molar-refractivity contribution in [3.05, 3.63) is 27.0 Å². The standard InChI is InChI=1S/C9H8BrNOS2/c10-7-2-4-13-8(7)9-11-6(1-3-12)5-14-9/h2,4-5,12H,1,3H2. The van der Waals surface area contributed by atoms with Crippen molar-refractivity contribution in [2.45, 2.75) is 6.42 Å². The summed E-state index contributed by atoms with van der Waals surface area (Å²) in [7, 11) is 0. The lowest BCUT2D eigenvalue weighted by atomic mass is 10.4. The van der Waals surface area contributed by atoms with Crippen LogP contribution in [0.4, 0.5) is 0 Å². The van der Waals surface area contributed by atoms with Crippen molar-refractivity contribution in [1.29, 1.82) is 0 Å². The van der Waals surface area contributed by atoms with E-state index in [9.17, 15) is 0 Å². The van der Waals surface area contributed by atoms with Gasteiger partial charge in [-0.2, -0.15) is 0 Å². The van der Waals surface area contributed by atoms with Gasteiger partial charge >= 0.3 is 0 Å². The number of thiazole rings is 1. The second-order valence-electron chi connectivity index (χ2n) is 2.72. The van der Waals surface area contributed by atoms with Gasteiger partial charge in [-0.25, -0.2) is 4.98 Å². The van der Waals surface area contributed by atoms with Gasteiger partial charge < -0.3 is 5.11 Å². The number of aliphatic hydroxyl groups is 1. The Balaban J connectivity index is 2.29. The number of thiophene rings is 1. The van der Waals surface area contributed by atoms with Crippen molar-refractivity contribution < 1.29 is 5.11 Å². The maximum absolute atomic E-state index is 8.77. The van der Waals surface area contributed by atoms with Gasteiger partial charge in [0.2, 0.25) is 0 Å². The molecule has 74 valence electrons. The molecule has 0 amide bonds. The topological polar surface area (TPSA) is 33.1 Å². The number of hydrogen-bond acceptors (Lipinski definition) is 4. The third-order valence-corrected chi connectivity index (χ3v) is 4.61. The monoisotopic (exact) mass is 289 g/mol. The summed E-state index contributed by atoms with van der Waals surface area (Å²) in [5, 5.41) is 13.8. The molecule has 0 aliphatic carbocycles. The fourth-order valence-corrected chi connectivity index (χ4v) is 3.75. The average molecular weight is 290 g/mol. The molecule has 0 atom stereocenters. The lowest BCUT2D eigenvalue weighted by molar-refractivity contribution is 0.298. The second-order valence-corrected chi connectivity index (χ2v) is 5.34. The van der Waals surface area contributed by atoms with Gasteiger partial charge in [-0.05, 0) is 27.4 Å². The molecule has 0 fully saturated rings. The van der Waals surface area contributed by atoms with Crippen LogP contribution in [0.15, 0.2) is 21.3 Å². The Kier molecular flexibility index (Phi) is 3.33. The molecule has 0 spiro atoms. The fourth-order valence-electron chi connectivity index (χ4n) is 1.09. The van der Waals surface area contributed by atoms with Crippen molar-refractivity contribution in [1.82, 2.24) is 4.98 Å². The third-order valence-electron chi connectivity index (χ3n) is 1.73. The first-order chi connectivity index (χ1) is 6.81. The minimum Gasteiger partial charge on any atom is -0.396 e. The maximum Gasteiger partial charge on any atom is 0.134 e. The molecule has 0 aliphatic heterocycles. The summed E-state index contributed by atoms with van der Waals surface area (Å²) in [6.45, 7) is 0.161. The van der Waals surface area contributed by atoms with Gasteiger partial charge in [0.1, 0.15) is 5.01 Å². The van der Waals surface area contributed by atoms with Crippen molar-refractivity contribution in [3.63, 3.8) is 0 Å². The molecule has 2 rings (SSSR count). The van der Waals surface area contributed by atoms with Crippen molar-refractivity contribution in [2.24, 2.45) is 0 Å². The van der Waals surface area contributed by atoms with Crippen LogP contribution in [-0.4, -0.2) is 16.7 Å². The summed E-state index contributed by atoms with van der Waals surface area (Å²) in [4.78, 5) is 5.61. The van der Waals surface area contributed by atoms with Crippen LogP contribution in [-0.2, 0) is 6.42 Å². The van der Waals surface area contributed by atoms with E-state index in [1.807, 2.05) is 16.8 Å². The van der Waals surface area contributed by atoms with E-state index in [1.165, 1.54) is 4.88 Å². The number of aliphatic hydroxyl groups excluding tert-OH is 1. The highest BCUT2D eigenvalue weighted by atomic mass is 79.9. The summed E-state index contributed by atoms with van der Waals surface area (Å²) >= 11 is 6.77. The summed E-state index contributed by atoms with van der Waals surface area (Å²) in [6, 6.07) is 2.02. The Morgan fingerprint density at radius 2 is 2.29 bits per heavy atom. The van der Waals surface area contributed by atoms with Gasteiger partial charge in [0.05, 0.1) is 10.6 Å². The lowest BCUT2D eigenvalue weighted by Gasteiger charge is -1.91. The fraction of sp³-hybridized carbons (Fsp3) is 0.222. The molecule has 2 nitrogen and oxygen atoms in total. The molecule has 0 aromatic carbocycles. The predicted molar refractivity (Wildman–Crippen MR) is 63.9 cm³/mol. The first-order valence-corrected chi connectivity index (χ1v) is 6.65. The molecule has 2 aromatic rings. The molecule has 0 unspecified atom stereocenters. The normalized spacial score (nSPS) is 10.7. The van der Waals surface area contributed by atoms with E-state index in [0.717, 1.165) is 15.2 Å². The lowest BCUT2D eigenvalue weighted by Crippen LogP contribution is -1.89. The molecule has 2 heterocycles. The van der Waals surface area contributed by atoms with Crippen molar-refractivity contribution in [3.8, 4) is 9.88 Å². The van der Waals surface area contributed by atoms with Gasteiger partial charge in [0, 0.05) is 22.9 Å². The Labute approximate surface area is 98.4 Å². The molecule has 0 saturated carbocycles. The Morgan fingerprint density at radius 3 is 2.93 bits per heavy atom. The van der Waals surface area contributed by atoms with Gasteiger partial charge in [0.15, 0.2) is 0 Å². The van der Waals surface area contributed by atoms with Crippen LogP contribution in [0.2, 0.25) is 0 Å². The van der Waals surface area contributed by atoms with Gasteiger partial charge in [-0.3, -0.25) is 0 Å². The first-order valence-electron chi connectivity index (χ1n) is 4.10. The number of aromatic nitrogens is 1. The van der Waals surface area contributed by atoms with Crippen LogP contribution in [0.3, 0.4) is 0 Å². The van der Waals surface area contributed by atoms with Crippen LogP contribution in [0.25, 0.3) is 9.88 Å².